The summed E-state index contributed by atoms with van der Waals surface area (Å²) in [5.74, 6) is 0. The minimum Gasteiger partial charge on any atom is -0.423 e. The molecular formula is C14H11BO2. The largest absolute Gasteiger partial charge is 0.488 e. The van der Waals surface area contributed by atoms with Crippen LogP contribution in [0, 0.1) is 0 Å². The predicted molar refractivity (Wildman–Crippen MR) is 71.3 cm³/mol. The molecule has 0 aliphatic carbocycles. The fourth-order valence-corrected chi connectivity index (χ4v) is 2.18. The van der Waals surface area contributed by atoms with Crippen molar-refractivity contribution in [2.75, 3.05) is 0 Å². The molecule has 0 radical (unpaired) electrons. The molecule has 0 spiro atoms. The summed E-state index contributed by atoms with van der Waals surface area (Å²) in [7, 11) is -1.42. The van der Waals surface area contributed by atoms with Crippen molar-refractivity contribution in [3.63, 3.8) is 0 Å². The van der Waals surface area contributed by atoms with Crippen molar-refractivity contribution in [1.82, 2.24) is 0 Å². The maximum absolute atomic E-state index is 9.21. The van der Waals surface area contributed by atoms with E-state index in [-0.39, 0.29) is 0 Å². The quantitative estimate of drug-likeness (QED) is 0.485. The van der Waals surface area contributed by atoms with Crippen molar-refractivity contribution in [1.29, 1.82) is 0 Å². The van der Waals surface area contributed by atoms with Crippen molar-refractivity contribution in [2.24, 2.45) is 0 Å². The van der Waals surface area contributed by atoms with Crippen LogP contribution in [0.2, 0.25) is 0 Å². The molecular weight excluding hydrogens is 211 g/mol. The van der Waals surface area contributed by atoms with E-state index in [1.165, 1.54) is 0 Å². The molecule has 0 bridgehead atoms. The Balaban J connectivity index is 2.42. The van der Waals surface area contributed by atoms with Gasteiger partial charge in [0.25, 0.3) is 0 Å². The summed E-state index contributed by atoms with van der Waals surface area (Å²) in [6, 6.07) is 17.7. The maximum Gasteiger partial charge on any atom is 0.488 e. The molecule has 3 aromatic carbocycles. The summed E-state index contributed by atoms with van der Waals surface area (Å²) >= 11 is 0. The van der Waals surface area contributed by atoms with Crippen LogP contribution in [0.5, 0.6) is 0 Å². The standard InChI is InChI=1S/C14H11BO2/c16-15(17)12-8-7-11-6-5-10-3-1-2-4-13(10)14(11)9-12/h1-9,16-17H. The molecule has 2 N–H and O–H groups in total. The average molecular weight is 222 g/mol. The Bertz CT molecular complexity index is 692. The first-order valence-corrected chi connectivity index (χ1v) is 5.53. The molecule has 0 saturated carbocycles. The van der Waals surface area contributed by atoms with Gasteiger partial charge >= 0.3 is 7.12 Å². The summed E-state index contributed by atoms with van der Waals surface area (Å²) in [5.41, 5.74) is 0.522. The molecule has 0 heterocycles. The highest BCUT2D eigenvalue weighted by molar-refractivity contribution is 6.59. The van der Waals surface area contributed by atoms with Gasteiger partial charge in [-0.05, 0) is 27.0 Å². The zero-order valence-corrected chi connectivity index (χ0v) is 9.17. The first-order valence-electron chi connectivity index (χ1n) is 5.53. The molecule has 0 amide bonds. The Morgan fingerprint density at radius 3 is 2.12 bits per heavy atom. The van der Waals surface area contributed by atoms with Crippen molar-refractivity contribution in [3.05, 3.63) is 54.6 Å². The third-order valence-electron chi connectivity index (χ3n) is 3.07. The number of hydrogen-bond donors (Lipinski definition) is 2. The van der Waals surface area contributed by atoms with Crippen LogP contribution in [0.3, 0.4) is 0 Å². The topological polar surface area (TPSA) is 40.5 Å². The van der Waals surface area contributed by atoms with Crippen LogP contribution < -0.4 is 5.46 Å². The highest BCUT2D eigenvalue weighted by atomic mass is 16.4. The molecule has 2 nitrogen and oxygen atoms in total. The normalized spacial score (nSPS) is 10.9. The number of benzene rings is 3. The molecule has 0 fully saturated rings. The van der Waals surface area contributed by atoms with E-state index < -0.39 is 7.12 Å². The Kier molecular flexibility index (Phi) is 2.36. The van der Waals surface area contributed by atoms with Crippen LogP contribution in [0.15, 0.2) is 54.6 Å². The Labute approximate surface area is 99.3 Å². The van der Waals surface area contributed by atoms with Crippen molar-refractivity contribution in [2.45, 2.75) is 0 Å². The minimum atomic E-state index is -1.42. The van der Waals surface area contributed by atoms with E-state index in [1.807, 2.05) is 36.4 Å². The van der Waals surface area contributed by atoms with Gasteiger partial charge in [-0.25, -0.2) is 0 Å². The molecule has 3 aromatic rings. The van der Waals surface area contributed by atoms with Crippen molar-refractivity contribution in [3.8, 4) is 0 Å². The molecule has 0 saturated heterocycles. The van der Waals surface area contributed by atoms with Gasteiger partial charge in [0, 0.05) is 0 Å². The van der Waals surface area contributed by atoms with Crippen LogP contribution in [0.4, 0.5) is 0 Å². The van der Waals surface area contributed by atoms with Gasteiger partial charge in [-0.15, -0.1) is 0 Å². The lowest BCUT2D eigenvalue weighted by atomic mass is 9.79. The predicted octanol–water partition coefficient (Wildman–Crippen LogP) is 1.67. The van der Waals surface area contributed by atoms with Crippen molar-refractivity contribution < 1.29 is 10.0 Å². The van der Waals surface area contributed by atoms with Gasteiger partial charge in [0.1, 0.15) is 0 Å². The van der Waals surface area contributed by atoms with Crippen LogP contribution in [0.25, 0.3) is 21.5 Å². The van der Waals surface area contributed by atoms with Crippen LogP contribution in [-0.4, -0.2) is 17.2 Å². The average Bonchev–Trinajstić information content (AvgIpc) is 2.38. The lowest BCUT2D eigenvalue weighted by Crippen LogP contribution is -2.29. The van der Waals surface area contributed by atoms with E-state index in [9.17, 15) is 10.0 Å². The monoisotopic (exact) mass is 222 g/mol. The summed E-state index contributed by atoms with van der Waals surface area (Å²) in [5, 5.41) is 22.9. The van der Waals surface area contributed by atoms with Gasteiger partial charge in [0.2, 0.25) is 0 Å². The highest BCUT2D eigenvalue weighted by Gasteiger charge is 2.11. The van der Waals surface area contributed by atoms with Gasteiger partial charge in [-0.2, -0.15) is 0 Å². The van der Waals surface area contributed by atoms with Gasteiger partial charge < -0.3 is 10.0 Å². The molecule has 0 aromatic heterocycles. The van der Waals surface area contributed by atoms with Crippen LogP contribution in [0.1, 0.15) is 0 Å². The minimum absolute atomic E-state index is 0.522. The first kappa shape index (κ1) is 10.3. The molecule has 0 aliphatic heterocycles. The fourth-order valence-electron chi connectivity index (χ4n) is 2.18. The Morgan fingerprint density at radius 1 is 0.706 bits per heavy atom. The zero-order chi connectivity index (χ0) is 11.8. The lowest BCUT2D eigenvalue weighted by molar-refractivity contribution is 0.426. The van der Waals surface area contributed by atoms with E-state index in [2.05, 4.69) is 12.1 Å². The maximum atomic E-state index is 9.21. The third kappa shape index (κ3) is 1.70. The second-order valence-corrected chi connectivity index (χ2v) is 4.14. The number of fused-ring (bicyclic) bond motifs is 3. The second-order valence-electron chi connectivity index (χ2n) is 4.14. The number of hydrogen-bond acceptors (Lipinski definition) is 2. The molecule has 0 unspecified atom stereocenters. The SMILES string of the molecule is OB(O)c1ccc2ccc3ccccc3c2c1. The third-order valence-corrected chi connectivity index (χ3v) is 3.07. The molecule has 3 heteroatoms. The molecule has 0 atom stereocenters. The van der Waals surface area contributed by atoms with Gasteiger partial charge in [0.05, 0.1) is 0 Å². The summed E-state index contributed by atoms with van der Waals surface area (Å²) in [6.45, 7) is 0. The molecule has 3 rings (SSSR count). The molecule has 17 heavy (non-hydrogen) atoms. The number of rotatable bonds is 1. The Morgan fingerprint density at radius 2 is 1.35 bits per heavy atom. The fraction of sp³-hybridized carbons (Fsp3) is 0. The van der Waals surface area contributed by atoms with E-state index in [0.29, 0.717) is 5.46 Å². The Hall–Kier alpha value is -1.84. The van der Waals surface area contributed by atoms with Crippen LogP contribution in [-0.2, 0) is 0 Å². The highest BCUT2D eigenvalue weighted by Crippen LogP contribution is 2.24. The summed E-state index contributed by atoms with van der Waals surface area (Å²) in [4.78, 5) is 0. The summed E-state index contributed by atoms with van der Waals surface area (Å²) < 4.78 is 0. The second kappa shape index (κ2) is 3.88. The van der Waals surface area contributed by atoms with Crippen molar-refractivity contribution >= 4 is 34.1 Å². The van der Waals surface area contributed by atoms with Gasteiger partial charge in [-0.3, -0.25) is 0 Å². The van der Waals surface area contributed by atoms with Crippen LogP contribution >= 0.6 is 0 Å². The van der Waals surface area contributed by atoms with E-state index in [1.54, 1.807) is 6.07 Å². The molecule has 0 aliphatic rings. The smallest absolute Gasteiger partial charge is 0.423 e. The first-order chi connectivity index (χ1) is 8.25. The van der Waals surface area contributed by atoms with Gasteiger partial charge in [-0.1, -0.05) is 54.6 Å². The van der Waals surface area contributed by atoms with Gasteiger partial charge in [0.15, 0.2) is 0 Å². The van der Waals surface area contributed by atoms with E-state index in [0.717, 1.165) is 21.5 Å². The van der Waals surface area contributed by atoms with E-state index in [4.69, 9.17) is 0 Å². The summed E-state index contributed by atoms with van der Waals surface area (Å²) in [6.07, 6.45) is 0. The molecule has 82 valence electrons. The lowest BCUT2D eigenvalue weighted by Gasteiger charge is -2.06. The van der Waals surface area contributed by atoms with E-state index >= 15 is 0 Å². The zero-order valence-electron chi connectivity index (χ0n) is 9.17.